The monoisotopic (exact) mass is 242 g/mol. The molecule has 1 aliphatic rings. The predicted octanol–water partition coefficient (Wildman–Crippen LogP) is 0.996. The van der Waals surface area contributed by atoms with Crippen molar-refractivity contribution in [3.05, 3.63) is 0 Å². The van der Waals surface area contributed by atoms with Crippen LogP contribution >= 0.6 is 0 Å². The molecule has 2 N–H and O–H groups in total. The summed E-state index contributed by atoms with van der Waals surface area (Å²) in [7, 11) is 1.79. The molecule has 0 aromatic heterocycles. The topological polar surface area (TPSA) is 52.6 Å². The summed E-state index contributed by atoms with van der Waals surface area (Å²) in [5, 5.41) is 13.1. The van der Waals surface area contributed by atoms with Gasteiger partial charge in [0, 0.05) is 13.6 Å². The van der Waals surface area contributed by atoms with E-state index in [0.717, 1.165) is 32.4 Å². The predicted molar refractivity (Wildman–Crippen MR) is 68.8 cm³/mol. The Morgan fingerprint density at radius 3 is 2.35 bits per heavy atom. The number of aliphatic hydroxyl groups is 1. The molecule has 0 aromatic carbocycles. The lowest BCUT2D eigenvalue weighted by Gasteiger charge is -2.39. The van der Waals surface area contributed by atoms with Gasteiger partial charge in [0.05, 0.1) is 11.0 Å². The van der Waals surface area contributed by atoms with E-state index < -0.39 is 5.60 Å². The van der Waals surface area contributed by atoms with Gasteiger partial charge in [0.15, 0.2) is 0 Å². The van der Waals surface area contributed by atoms with E-state index >= 15 is 0 Å². The Bertz CT molecular complexity index is 265. The van der Waals surface area contributed by atoms with Crippen LogP contribution in [0.3, 0.4) is 0 Å². The van der Waals surface area contributed by atoms with Gasteiger partial charge in [0.2, 0.25) is 5.91 Å². The quantitative estimate of drug-likeness (QED) is 0.773. The van der Waals surface area contributed by atoms with Gasteiger partial charge in [-0.05, 0) is 46.2 Å². The van der Waals surface area contributed by atoms with Crippen molar-refractivity contribution in [3.63, 3.8) is 0 Å². The van der Waals surface area contributed by atoms with E-state index in [1.807, 2.05) is 0 Å². The largest absolute Gasteiger partial charge is 0.389 e. The Kier molecular flexibility index (Phi) is 4.55. The minimum absolute atomic E-state index is 0.184. The van der Waals surface area contributed by atoms with Crippen molar-refractivity contribution in [2.24, 2.45) is 5.41 Å². The third-order valence-corrected chi connectivity index (χ3v) is 3.66. The maximum atomic E-state index is 12.5. The number of carbonyl (C=O) groups is 1. The van der Waals surface area contributed by atoms with Crippen LogP contribution in [-0.2, 0) is 4.79 Å². The van der Waals surface area contributed by atoms with Crippen LogP contribution in [0.1, 0.15) is 40.0 Å². The average molecular weight is 242 g/mol. The number of hydrogen-bond donors (Lipinski definition) is 2. The summed E-state index contributed by atoms with van der Waals surface area (Å²) in [5.74, 6) is 0.184. The zero-order valence-electron chi connectivity index (χ0n) is 11.5. The van der Waals surface area contributed by atoms with E-state index in [4.69, 9.17) is 0 Å². The van der Waals surface area contributed by atoms with Crippen molar-refractivity contribution in [1.82, 2.24) is 10.2 Å². The van der Waals surface area contributed by atoms with Gasteiger partial charge < -0.3 is 15.3 Å². The van der Waals surface area contributed by atoms with Crippen LogP contribution in [0.15, 0.2) is 0 Å². The second kappa shape index (κ2) is 5.36. The van der Waals surface area contributed by atoms with Crippen LogP contribution in [0, 0.1) is 5.41 Å². The van der Waals surface area contributed by atoms with E-state index in [1.165, 1.54) is 0 Å². The zero-order chi connectivity index (χ0) is 13.1. The Morgan fingerprint density at radius 1 is 1.41 bits per heavy atom. The summed E-state index contributed by atoms with van der Waals surface area (Å²) >= 11 is 0. The molecule has 4 nitrogen and oxygen atoms in total. The molecule has 0 unspecified atom stereocenters. The first-order valence-electron chi connectivity index (χ1n) is 6.49. The number of nitrogens with zero attached hydrogens (tertiary/aromatic N) is 1. The second-order valence-electron chi connectivity index (χ2n) is 5.86. The molecular weight excluding hydrogens is 216 g/mol. The molecule has 0 aliphatic carbocycles. The summed E-state index contributed by atoms with van der Waals surface area (Å²) in [6.45, 7) is 7.77. The Hall–Kier alpha value is -0.610. The molecule has 0 radical (unpaired) electrons. The van der Waals surface area contributed by atoms with Gasteiger partial charge in [-0.15, -0.1) is 0 Å². The summed E-state index contributed by atoms with van der Waals surface area (Å²) in [5.41, 5.74) is -1.04. The highest BCUT2D eigenvalue weighted by atomic mass is 16.3. The number of nitrogens with one attached hydrogen (secondary N) is 1. The standard InChI is InChI=1S/C13H26N2O2/c1-5-13(6-8-14-9-7-13)11(16)15(4)10-12(2,3)17/h14,17H,5-10H2,1-4H3. The van der Waals surface area contributed by atoms with Crippen LogP contribution in [0.2, 0.25) is 0 Å². The number of amides is 1. The first kappa shape index (κ1) is 14.5. The SMILES string of the molecule is CCC1(C(=O)N(C)CC(C)(C)O)CCNCC1. The van der Waals surface area contributed by atoms with Crippen molar-refractivity contribution in [3.8, 4) is 0 Å². The molecule has 100 valence electrons. The molecule has 17 heavy (non-hydrogen) atoms. The van der Waals surface area contributed by atoms with Crippen LogP contribution in [0.4, 0.5) is 0 Å². The minimum Gasteiger partial charge on any atom is -0.389 e. The van der Waals surface area contributed by atoms with Gasteiger partial charge in [0.1, 0.15) is 0 Å². The molecule has 1 saturated heterocycles. The molecular formula is C13H26N2O2. The molecule has 0 atom stereocenters. The fraction of sp³-hybridized carbons (Fsp3) is 0.923. The van der Waals surface area contributed by atoms with E-state index in [1.54, 1.807) is 25.8 Å². The minimum atomic E-state index is -0.827. The van der Waals surface area contributed by atoms with Crippen molar-refractivity contribution >= 4 is 5.91 Å². The molecule has 1 rings (SSSR count). The maximum Gasteiger partial charge on any atom is 0.228 e. The molecule has 1 amide bonds. The molecule has 0 bridgehead atoms. The van der Waals surface area contributed by atoms with Gasteiger partial charge >= 0.3 is 0 Å². The molecule has 1 aliphatic heterocycles. The molecule has 0 aromatic rings. The Balaban J connectivity index is 2.71. The van der Waals surface area contributed by atoms with E-state index in [2.05, 4.69) is 12.2 Å². The zero-order valence-corrected chi connectivity index (χ0v) is 11.5. The normalized spacial score (nSPS) is 20.1. The van der Waals surface area contributed by atoms with Crippen LogP contribution in [0.25, 0.3) is 0 Å². The maximum absolute atomic E-state index is 12.5. The third kappa shape index (κ3) is 3.68. The lowest BCUT2D eigenvalue weighted by molar-refractivity contribution is -0.145. The summed E-state index contributed by atoms with van der Waals surface area (Å²) in [4.78, 5) is 14.2. The fourth-order valence-electron chi connectivity index (χ4n) is 2.68. The molecule has 0 saturated carbocycles. The highest BCUT2D eigenvalue weighted by Crippen LogP contribution is 2.34. The average Bonchev–Trinajstić information content (AvgIpc) is 2.26. The van der Waals surface area contributed by atoms with E-state index in [-0.39, 0.29) is 11.3 Å². The van der Waals surface area contributed by atoms with Gasteiger partial charge in [-0.3, -0.25) is 4.79 Å². The Morgan fingerprint density at radius 2 is 1.94 bits per heavy atom. The molecule has 1 heterocycles. The summed E-state index contributed by atoms with van der Waals surface area (Å²) < 4.78 is 0. The first-order valence-corrected chi connectivity index (χ1v) is 6.49. The molecule has 1 fully saturated rings. The van der Waals surface area contributed by atoms with E-state index in [9.17, 15) is 9.90 Å². The van der Waals surface area contributed by atoms with Crippen molar-refractivity contribution in [1.29, 1.82) is 0 Å². The van der Waals surface area contributed by atoms with Gasteiger partial charge in [-0.1, -0.05) is 6.92 Å². The number of hydrogen-bond acceptors (Lipinski definition) is 3. The number of carbonyl (C=O) groups excluding carboxylic acids is 1. The van der Waals surface area contributed by atoms with Crippen LogP contribution < -0.4 is 5.32 Å². The molecule has 4 heteroatoms. The highest BCUT2D eigenvalue weighted by molar-refractivity contribution is 5.82. The van der Waals surface area contributed by atoms with Gasteiger partial charge in [-0.25, -0.2) is 0 Å². The first-order chi connectivity index (χ1) is 7.81. The third-order valence-electron chi connectivity index (χ3n) is 3.66. The summed E-state index contributed by atoms with van der Waals surface area (Å²) in [6.07, 6.45) is 2.68. The number of likely N-dealkylation sites (N-methyl/N-ethyl adjacent to an activating group) is 1. The smallest absolute Gasteiger partial charge is 0.228 e. The van der Waals surface area contributed by atoms with E-state index in [0.29, 0.717) is 6.54 Å². The second-order valence-corrected chi connectivity index (χ2v) is 5.86. The number of piperidine rings is 1. The van der Waals surface area contributed by atoms with Crippen LogP contribution in [-0.4, -0.2) is 48.2 Å². The van der Waals surface area contributed by atoms with Gasteiger partial charge in [0.25, 0.3) is 0 Å². The lowest BCUT2D eigenvalue weighted by atomic mass is 9.75. The van der Waals surface area contributed by atoms with Crippen molar-refractivity contribution in [2.75, 3.05) is 26.7 Å². The fourth-order valence-corrected chi connectivity index (χ4v) is 2.68. The highest BCUT2D eigenvalue weighted by Gasteiger charge is 2.40. The van der Waals surface area contributed by atoms with Gasteiger partial charge in [-0.2, -0.15) is 0 Å². The molecule has 0 spiro atoms. The van der Waals surface area contributed by atoms with Crippen molar-refractivity contribution in [2.45, 2.75) is 45.6 Å². The summed E-state index contributed by atoms with van der Waals surface area (Å²) in [6, 6.07) is 0. The van der Waals surface area contributed by atoms with Crippen molar-refractivity contribution < 1.29 is 9.90 Å². The number of rotatable bonds is 4. The lowest BCUT2D eigenvalue weighted by Crippen LogP contribution is -2.50. The Labute approximate surface area is 104 Å². The van der Waals surface area contributed by atoms with Crippen LogP contribution in [0.5, 0.6) is 0 Å².